The van der Waals surface area contributed by atoms with Crippen molar-refractivity contribution >= 4 is 17.7 Å². The Morgan fingerprint density at radius 2 is 2.20 bits per heavy atom. The zero-order chi connectivity index (χ0) is 18.0. The number of rotatable bonds is 2. The van der Waals surface area contributed by atoms with Gasteiger partial charge >= 0.3 is 6.09 Å². The Balaban J connectivity index is 1.82. The zero-order valence-electron chi connectivity index (χ0n) is 14.4. The lowest BCUT2D eigenvalue weighted by atomic mass is 10.2. The van der Waals surface area contributed by atoms with Crippen molar-refractivity contribution in [1.82, 2.24) is 15.0 Å². The smallest absolute Gasteiger partial charge is 0.411 e. The van der Waals surface area contributed by atoms with Crippen LogP contribution in [-0.2, 0) is 9.47 Å². The van der Waals surface area contributed by atoms with E-state index in [1.165, 1.54) is 0 Å². The number of carbonyl (C=O) groups is 1. The molecule has 8 heteroatoms. The van der Waals surface area contributed by atoms with Crippen molar-refractivity contribution in [3.63, 3.8) is 0 Å². The van der Waals surface area contributed by atoms with Gasteiger partial charge in [-0.25, -0.2) is 4.79 Å². The molecule has 2 aromatic rings. The molecule has 1 amide bonds. The molecule has 25 heavy (non-hydrogen) atoms. The Bertz CT molecular complexity index is 756. The van der Waals surface area contributed by atoms with E-state index in [-0.39, 0.29) is 6.61 Å². The van der Waals surface area contributed by atoms with E-state index in [0.717, 1.165) is 5.56 Å². The maximum atomic E-state index is 12.5. The third-order valence-corrected chi connectivity index (χ3v) is 3.80. The monoisotopic (exact) mass is 365 g/mol. The number of carbonyl (C=O) groups excluding carboxylic acids is 1. The van der Waals surface area contributed by atoms with Crippen molar-refractivity contribution in [2.75, 3.05) is 19.8 Å². The number of morpholine rings is 1. The number of amides is 1. The molecule has 134 valence electrons. The standard InChI is InChI=1S/C17H20ClN3O4/c1-17(2,3)24-16(22)21-7-8-23-10-13(21)15-19-14(20-25-15)11-5-4-6-12(18)9-11/h4-6,9,13H,7-8,10H2,1-3H3. The zero-order valence-corrected chi connectivity index (χ0v) is 15.1. The molecule has 1 aromatic heterocycles. The van der Waals surface area contributed by atoms with E-state index in [1.54, 1.807) is 17.0 Å². The largest absolute Gasteiger partial charge is 0.444 e. The van der Waals surface area contributed by atoms with Gasteiger partial charge in [0.05, 0.1) is 13.2 Å². The molecular formula is C17H20ClN3O4. The van der Waals surface area contributed by atoms with Gasteiger partial charge in [-0.05, 0) is 32.9 Å². The highest BCUT2D eigenvalue weighted by Crippen LogP contribution is 2.27. The van der Waals surface area contributed by atoms with Gasteiger partial charge in [0.15, 0.2) is 0 Å². The van der Waals surface area contributed by atoms with E-state index >= 15 is 0 Å². The molecule has 7 nitrogen and oxygen atoms in total. The van der Waals surface area contributed by atoms with Crippen LogP contribution in [0, 0.1) is 0 Å². The van der Waals surface area contributed by atoms with Gasteiger partial charge in [-0.1, -0.05) is 28.9 Å². The number of aromatic nitrogens is 2. The molecule has 1 atom stereocenters. The summed E-state index contributed by atoms with van der Waals surface area (Å²) in [6, 6.07) is 6.68. The fraction of sp³-hybridized carbons (Fsp3) is 0.471. The third kappa shape index (κ3) is 4.29. The van der Waals surface area contributed by atoms with E-state index in [0.29, 0.717) is 29.9 Å². The van der Waals surface area contributed by atoms with Gasteiger partial charge in [0.1, 0.15) is 11.6 Å². The maximum Gasteiger partial charge on any atom is 0.411 e. The highest BCUT2D eigenvalue weighted by molar-refractivity contribution is 6.30. The van der Waals surface area contributed by atoms with Crippen LogP contribution in [0.15, 0.2) is 28.8 Å². The molecule has 0 aliphatic carbocycles. The Morgan fingerprint density at radius 3 is 2.92 bits per heavy atom. The summed E-state index contributed by atoms with van der Waals surface area (Å²) in [5.74, 6) is 0.716. The second kappa shape index (κ2) is 7.01. The van der Waals surface area contributed by atoms with Gasteiger partial charge in [0.25, 0.3) is 5.89 Å². The summed E-state index contributed by atoms with van der Waals surface area (Å²) in [5, 5.41) is 4.58. The summed E-state index contributed by atoms with van der Waals surface area (Å²) in [6.45, 7) is 6.58. The summed E-state index contributed by atoms with van der Waals surface area (Å²) in [4.78, 5) is 18.4. The molecule has 0 N–H and O–H groups in total. The second-order valence-electron chi connectivity index (χ2n) is 6.73. The molecule has 0 saturated carbocycles. The summed E-state index contributed by atoms with van der Waals surface area (Å²) in [7, 11) is 0. The van der Waals surface area contributed by atoms with E-state index in [9.17, 15) is 4.79 Å². The van der Waals surface area contributed by atoms with Gasteiger partial charge in [0.2, 0.25) is 5.82 Å². The molecule has 1 aromatic carbocycles. The highest BCUT2D eigenvalue weighted by Gasteiger charge is 2.35. The Morgan fingerprint density at radius 1 is 1.40 bits per heavy atom. The minimum Gasteiger partial charge on any atom is -0.444 e. The Hall–Kier alpha value is -2.12. The third-order valence-electron chi connectivity index (χ3n) is 3.57. The van der Waals surface area contributed by atoms with Crippen LogP contribution in [0.2, 0.25) is 5.02 Å². The number of benzene rings is 1. The number of halogens is 1. The predicted octanol–water partition coefficient (Wildman–Crippen LogP) is 3.70. The fourth-order valence-corrected chi connectivity index (χ4v) is 2.65. The summed E-state index contributed by atoms with van der Waals surface area (Å²) >= 11 is 6.00. The first kappa shape index (κ1) is 17.7. The molecule has 1 fully saturated rings. The van der Waals surface area contributed by atoms with Gasteiger partial charge in [0, 0.05) is 17.1 Å². The number of nitrogens with zero attached hydrogens (tertiary/aromatic N) is 3. The average molecular weight is 366 g/mol. The molecule has 1 aliphatic rings. The number of hydrogen-bond donors (Lipinski definition) is 0. The average Bonchev–Trinajstić information content (AvgIpc) is 3.03. The van der Waals surface area contributed by atoms with Crippen LogP contribution in [0.3, 0.4) is 0 Å². The first-order valence-corrected chi connectivity index (χ1v) is 8.38. The molecule has 3 rings (SSSR count). The quantitative estimate of drug-likeness (QED) is 0.807. The van der Waals surface area contributed by atoms with Crippen LogP contribution < -0.4 is 0 Å². The van der Waals surface area contributed by atoms with Gasteiger partial charge < -0.3 is 14.0 Å². The Labute approximate surface area is 150 Å². The first-order valence-electron chi connectivity index (χ1n) is 8.00. The SMILES string of the molecule is CC(C)(C)OC(=O)N1CCOCC1c1nc(-c2cccc(Cl)c2)no1. The summed E-state index contributed by atoms with van der Waals surface area (Å²) < 4.78 is 16.3. The van der Waals surface area contributed by atoms with Crippen LogP contribution in [0.5, 0.6) is 0 Å². The molecule has 0 spiro atoms. The fourth-order valence-electron chi connectivity index (χ4n) is 2.46. The lowest BCUT2D eigenvalue weighted by Gasteiger charge is -2.34. The molecule has 2 heterocycles. The van der Waals surface area contributed by atoms with Gasteiger partial charge in [-0.2, -0.15) is 4.98 Å². The highest BCUT2D eigenvalue weighted by atomic mass is 35.5. The molecule has 1 unspecified atom stereocenters. The van der Waals surface area contributed by atoms with Crippen molar-refractivity contribution in [3.8, 4) is 11.4 Å². The minimum absolute atomic E-state index is 0.274. The van der Waals surface area contributed by atoms with Crippen molar-refractivity contribution in [2.24, 2.45) is 0 Å². The number of ether oxygens (including phenoxy) is 2. The molecule has 0 bridgehead atoms. The van der Waals surface area contributed by atoms with Crippen LogP contribution in [0.4, 0.5) is 4.79 Å². The van der Waals surface area contributed by atoms with E-state index in [2.05, 4.69) is 10.1 Å². The van der Waals surface area contributed by atoms with Crippen LogP contribution in [0.1, 0.15) is 32.7 Å². The van der Waals surface area contributed by atoms with E-state index < -0.39 is 17.7 Å². The first-order chi connectivity index (χ1) is 11.8. The minimum atomic E-state index is -0.583. The maximum absolute atomic E-state index is 12.5. The van der Waals surface area contributed by atoms with Crippen LogP contribution in [-0.4, -0.2) is 46.5 Å². The molecular weight excluding hydrogens is 346 g/mol. The predicted molar refractivity (Wildman–Crippen MR) is 91.2 cm³/mol. The van der Waals surface area contributed by atoms with Crippen molar-refractivity contribution < 1.29 is 18.8 Å². The van der Waals surface area contributed by atoms with Crippen molar-refractivity contribution in [3.05, 3.63) is 35.2 Å². The van der Waals surface area contributed by atoms with E-state index in [4.69, 9.17) is 25.6 Å². The van der Waals surface area contributed by atoms with E-state index in [1.807, 2.05) is 32.9 Å². The van der Waals surface area contributed by atoms with Crippen LogP contribution in [0.25, 0.3) is 11.4 Å². The normalized spacial score (nSPS) is 18.2. The summed E-state index contributed by atoms with van der Waals surface area (Å²) in [6.07, 6.45) is -0.427. The summed E-state index contributed by atoms with van der Waals surface area (Å²) in [5.41, 5.74) is 0.156. The topological polar surface area (TPSA) is 77.7 Å². The molecule has 1 aliphatic heterocycles. The Kier molecular flexibility index (Phi) is 4.96. The van der Waals surface area contributed by atoms with Gasteiger partial charge in [-0.15, -0.1) is 0 Å². The molecule has 0 radical (unpaired) electrons. The van der Waals surface area contributed by atoms with Gasteiger partial charge in [-0.3, -0.25) is 4.90 Å². The van der Waals surface area contributed by atoms with Crippen LogP contribution >= 0.6 is 11.6 Å². The molecule has 1 saturated heterocycles. The second-order valence-corrected chi connectivity index (χ2v) is 7.17. The lowest BCUT2D eigenvalue weighted by molar-refractivity contribution is -0.0401. The van der Waals surface area contributed by atoms with Crippen molar-refractivity contribution in [1.29, 1.82) is 0 Å². The van der Waals surface area contributed by atoms with Crippen molar-refractivity contribution in [2.45, 2.75) is 32.4 Å². The lowest BCUT2D eigenvalue weighted by Crippen LogP contribution is -2.45. The number of hydrogen-bond acceptors (Lipinski definition) is 6.